The topological polar surface area (TPSA) is 72.2 Å². The molecule has 0 bridgehead atoms. The van der Waals surface area contributed by atoms with Crippen molar-refractivity contribution in [2.45, 2.75) is 4.90 Å². The fourth-order valence-corrected chi connectivity index (χ4v) is 3.72. The van der Waals surface area contributed by atoms with Crippen LogP contribution in [0.5, 0.6) is 0 Å². The number of nitrogens with one attached hydrogen (secondary N) is 1. The molecule has 6 heteroatoms. The van der Waals surface area contributed by atoms with E-state index in [9.17, 15) is 8.42 Å². The van der Waals surface area contributed by atoms with Crippen LogP contribution in [0.2, 0.25) is 5.02 Å². The van der Waals surface area contributed by atoms with Crippen LogP contribution in [0.25, 0.3) is 10.8 Å². The van der Waals surface area contributed by atoms with Gasteiger partial charge in [0, 0.05) is 16.1 Å². The molecule has 0 aliphatic carbocycles. The van der Waals surface area contributed by atoms with Crippen molar-refractivity contribution in [3.05, 3.63) is 65.7 Å². The van der Waals surface area contributed by atoms with Gasteiger partial charge in [0.05, 0.1) is 10.6 Å². The molecule has 0 radical (unpaired) electrons. The molecule has 3 N–H and O–H groups in total. The van der Waals surface area contributed by atoms with Crippen molar-refractivity contribution >= 4 is 43.8 Å². The molecule has 0 saturated heterocycles. The monoisotopic (exact) mass is 332 g/mol. The summed E-state index contributed by atoms with van der Waals surface area (Å²) >= 11 is 5.88. The average molecular weight is 333 g/mol. The first kappa shape index (κ1) is 14.7. The van der Waals surface area contributed by atoms with Gasteiger partial charge in [-0.05, 0) is 29.7 Å². The summed E-state index contributed by atoms with van der Waals surface area (Å²) in [7, 11) is -3.76. The van der Waals surface area contributed by atoms with Crippen molar-refractivity contribution in [2.24, 2.45) is 0 Å². The summed E-state index contributed by atoms with van der Waals surface area (Å²) in [5.41, 5.74) is 6.47. The van der Waals surface area contributed by atoms with Gasteiger partial charge in [-0.15, -0.1) is 0 Å². The molecule has 0 saturated carbocycles. The number of rotatable bonds is 3. The summed E-state index contributed by atoms with van der Waals surface area (Å²) in [6.45, 7) is 0. The average Bonchev–Trinajstić information content (AvgIpc) is 2.46. The molecule has 0 heterocycles. The molecule has 0 atom stereocenters. The lowest BCUT2D eigenvalue weighted by molar-refractivity contribution is 0.601. The molecule has 0 aliphatic rings. The lowest BCUT2D eigenvalue weighted by atomic mass is 10.1. The number of benzene rings is 3. The van der Waals surface area contributed by atoms with Crippen molar-refractivity contribution < 1.29 is 8.42 Å². The Morgan fingerprint density at radius 2 is 1.68 bits per heavy atom. The van der Waals surface area contributed by atoms with Gasteiger partial charge in [0.25, 0.3) is 10.0 Å². The first-order valence-corrected chi connectivity index (χ1v) is 8.38. The molecule has 0 aromatic heterocycles. The summed E-state index contributed by atoms with van der Waals surface area (Å²) in [6.07, 6.45) is 0. The van der Waals surface area contributed by atoms with Crippen molar-refractivity contribution in [1.29, 1.82) is 0 Å². The Labute approximate surface area is 133 Å². The van der Waals surface area contributed by atoms with Crippen LogP contribution in [0, 0.1) is 0 Å². The SMILES string of the molecule is Nc1cc(Cl)cc(S(=O)(=O)Nc2cccc3ccccc23)c1. The zero-order chi connectivity index (χ0) is 15.7. The molecular formula is C16H13ClN2O2S. The van der Waals surface area contributed by atoms with Gasteiger partial charge in [-0.25, -0.2) is 8.42 Å². The Kier molecular flexibility index (Phi) is 3.68. The van der Waals surface area contributed by atoms with Crippen LogP contribution in [0.3, 0.4) is 0 Å². The molecule has 112 valence electrons. The molecule has 3 rings (SSSR count). The number of nitrogen functional groups attached to an aromatic ring is 1. The van der Waals surface area contributed by atoms with E-state index in [1.807, 2.05) is 30.3 Å². The predicted octanol–water partition coefficient (Wildman–Crippen LogP) is 3.88. The van der Waals surface area contributed by atoms with Crippen LogP contribution >= 0.6 is 11.6 Å². The maximum atomic E-state index is 12.5. The van der Waals surface area contributed by atoms with Gasteiger partial charge in [-0.2, -0.15) is 0 Å². The molecule has 0 spiro atoms. The summed E-state index contributed by atoms with van der Waals surface area (Å²) in [5.74, 6) is 0. The minimum absolute atomic E-state index is 0.0328. The van der Waals surface area contributed by atoms with E-state index in [0.29, 0.717) is 11.4 Å². The number of anilines is 2. The summed E-state index contributed by atoms with van der Waals surface area (Å²) < 4.78 is 27.6. The Morgan fingerprint density at radius 3 is 2.45 bits per heavy atom. The molecule has 0 fully saturated rings. The second-order valence-corrected chi connectivity index (χ2v) is 6.97. The van der Waals surface area contributed by atoms with Gasteiger partial charge in [-0.1, -0.05) is 48.0 Å². The van der Waals surface area contributed by atoms with E-state index in [-0.39, 0.29) is 9.92 Å². The van der Waals surface area contributed by atoms with Crippen molar-refractivity contribution in [2.75, 3.05) is 10.5 Å². The molecule has 4 nitrogen and oxygen atoms in total. The Morgan fingerprint density at radius 1 is 0.955 bits per heavy atom. The van der Waals surface area contributed by atoms with E-state index in [1.165, 1.54) is 18.2 Å². The van der Waals surface area contributed by atoms with Crippen LogP contribution in [-0.2, 0) is 10.0 Å². The van der Waals surface area contributed by atoms with Gasteiger partial charge < -0.3 is 5.73 Å². The lowest BCUT2D eigenvalue weighted by Crippen LogP contribution is -2.13. The van der Waals surface area contributed by atoms with Crippen LogP contribution in [0.1, 0.15) is 0 Å². The zero-order valence-corrected chi connectivity index (χ0v) is 13.0. The number of sulfonamides is 1. The molecule has 0 aliphatic heterocycles. The van der Waals surface area contributed by atoms with Gasteiger partial charge in [0.15, 0.2) is 0 Å². The second-order valence-electron chi connectivity index (χ2n) is 4.85. The van der Waals surface area contributed by atoms with E-state index in [0.717, 1.165) is 10.8 Å². The summed E-state index contributed by atoms with van der Waals surface area (Å²) in [6, 6.07) is 17.2. The van der Waals surface area contributed by atoms with Crippen LogP contribution < -0.4 is 10.5 Å². The fraction of sp³-hybridized carbons (Fsp3) is 0. The number of nitrogens with two attached hydrogens (primary N) is 1. The highest BCUT2D eigenvalue weighted by atomic mass is 35.5. The Bertz CT molecular complexity index is 930. The van der Waals surface area contributed by atoms with Gasteiger partial charge in [-0.3, -0.25) is 4.72 Å². The molecule has 0 unspecified atom stereocenters. The Balaban J connectivity index is 2.07. The quantitative estimate of drug-likeness (QED) is 0.715. The normalized spacial score (nSPS) is 11.5. The zero-order valence-electron chi connectivity index (χ0n) is 11.5. The van der Waals surface area contributed by atoms with E-state index in [2.05, 4.69) is 4.72 Å². The molecule has 0 amide bonds. The first-order valence-electron chi connectivity index (χ1n) is 6.52. The standard InChI is InChI=1S/C16H13ClN2O2S/c17-12-8-13(18)10-14(9-12)22(20,21)19-16-7-3-5-11-4-1-2-6-15(11)16/h1-10,19H,18H2. The molecule has 3 aromatic carbocycles. The maximum absolute atomic E-state index is 12.5. The van der Waals surface area contributed by atoms with Gasteiger partial charge >= 0.3 is 0 Å². The van der Waals surface area contributed by atoms with Crippen molar-refractivity contribution in [3.8, 4) is 0 Å². The third-order valence-electron chi connectivity index (χ3n) is 3.24. The molecular weight excluding hydrogens is 320 g/mol. The van der Waals surface area contributed by atoms with Crippen LogP contribution in [0.15, 0.2) is 65.6 Å². The molecule has 22 heavy (non-hydrogen) atoms. The number of fused-ring (bicyclic) bond motifs is 1. The number of halogens is 1. The Hall–Kier alpha value is -2.24. The minimum Gasteiger partial charge on any atom is -0.399 e. The van der Waals surface area contributed by atoms with E-state index >= 15 is 0 Å². The highest BCUT2D eigenvalue weighted by molar-refractivity contribution is 7.92. The predicted molar refractivity (Wildman–Crippen MR) is 90.6 cm³/mol. The molecule has 3 aromatic rings. The van der Waals surface area contributed by atoms with Gasteiger partial charge in [0.1, 0.15) is 0 Å². The third-order valence-corrected chi connectivity index (χ3v) is 4.80. The van der Waals surface area contributed by atoms with Crippen molar-refractivity contribution in [3.63, 3.8) is 0 Å². The third kappa shape index (κ3) is 2.86. The minimum atomic E-state index is -3.76. The van der Waals surface area contributed by atoms with E-state index in [4.69, 9.17) is 17.3 Å². The van der Waals surface area contributed by atoms with E-state index in [1.54, 1.807) is 12.1 Å². The lowest BCUT2D eigenvalue weighted by Gasteiger charge is -2.11. The summed E-state index contributed by atoms with van der Waals surface area (Å²) in [5, 5.41) is 2.05. The van der Waals surface area contributed by atoms with Crippen molar-refractivity contribution in [1.82, 2.24) is 0 Å². The van der Waals surface area contributed by atoms with Crippen LogP contribution in [-0.4, -0.2) is 8.42 Å². The van der Waals surface area contributed by atoms with Crippen LogP contribution in [0.4, 0.5) is 11.4 Å². The smallest absolute Gasteiger partial charge is 0.262 e. The first-order chi connectivity index (χ1) is 10.5. The number of hydrogen-bond donors (Lipinski definition) is 2. The van der Waals surface area contributed by atoms with E-state index < -0.39 is 10.0 Å². The highest BCUT2D eigenvalue weighted by Crippen LogP contribution is 2.27. The van der Waals surface area contributed by atoms with Gasteiger partial charge in [0.2, 0.25) is 0 Å². The summed E-state index contributed by atoms with van der Waals surface area (Å²) in [4.78, 5) is 0.0328. The second kappa shape index (κ2) is 5.51. The maximum Gasteiger partial charge on any atom is 0.262 e. The largest absolute Gasteiger partial charge is 0.399 e. The highest BCUT2D eigenvalue weighted by Gasteiger charge is 2.16. The number of hydrogen-bond acceptors (Lipinski definition) is 3. The fourth-order valence-electron chi connectivity index (χ4n) is 2.26.